The van der Waals surface area contributed by atoms with Crippen LogP contribution in [0, 0.1) is 39.4 Å². The molecule has 1 saturated heterocycles. The third-order valence-electron chi connectivity index (χ3n) is 13.2. The molecule has 1 heterocycles. The van der Waals surface area contributed by atoms with Gasteiger partial charge >= 0.3 is 0 Å². The van der Waals surface area contributed by atoms with Gasteiger partial charge in [-0.05, 0) is 113 Å². The van der Waals surface area contributed by atoms with Gasteiger partial charge in [-0.3, -0.25) is 4.79 Å². The lowest BCUT2D eigenvalue weighted by molar-refractivity contribution is -0.247. The Morgan fingerprint density at radius 1 is 0.794 bits per heavy atom. The van der Waals surface area contributed by atoms with E-state index < -0.39 is 16.8 Å². The SMILES string of the molecule is CC(C)(O)C1CCC(C)(C2(O)CCC3(C)C2CCC2C4(C)CCC(=O)C(C)(C)C4CCC23C)O1. The van der Waals surface area contributed by atoms with E-state index in [-0.39, 0.29) is 33.7 Å². The fourth-order valence-corrected chi connectivity index (χ4v) is 10.9. The van der Waals surface area contributed by atoms with E-state index in [9.17, 15) is 15.0 Å². The number of rotatable bonds is 2. The van der Waals surface area contributed by atoms with Gasteiger partial charge in [-0.25, -0.2) is 0 Å². The number of Topliss-reactive ketones (excluding diaryl/α,β-unsaturated/α-hetero) is 1. The first-order valence-corrected chi connectivity index (χ1v) is 14.1. The minimum atomic E-state index is -0.891. The number of hydrogen-bond acceptors (Lipinski definition) is 4. The predicted octanol–water partition coefficient (Wildman–Crippen LogP) is 6.06. The van der Waals surface area contributed by atoms with Gasteiger partial charge in [0, 0.05) is 11.8 Å². The van der Waals surface area contributed by atoms with Crippen molar-refractivity contribution in [3.8, 4) is 0 Å². The van der Waals surface area contributed by atoms with Crippen molar-refractivity contribution >= 4 is 5.78 Å². The summed E-state index contributed by atoms with van der Waals surface area (Å²) in [5.41, 5.74) is -2.16. The molecule has 1 aliphatic heterocycles. The Balaban J connectivity index is 1.49. The van der Waals surface area contributed by atoms with Gasteiger partial charge < -0.3 is 14.9 Å². The summed E-state index contributed by atoms with van der Waals surface area (Å²) in [6.45, 7) is 17.7. The Bertz CT molecular complexity index is 874. The molecule has 4 heteroatoms. The molecule has 9 atom stereocenters. The molecule has 34 heavy (non-hydrogen) atoms. The maximum absolute atomic E-state index is 12.9. The van der Waals surface area contributed by atoms with Crippen LogP contribution in [-0.2, 0) is 9.53 Å². The van der Waals surface area contributed by atoms with Gasteiger partial charge in [0.25, 0.3) is 0 Å². The van der Waals surface area contributed by atoms with Crippen molar-refractivity contribution in [1.29, 1.82) is 0 Å². The van der Waals surface area contributed by atoms with Gasteiger partial charge in [0.15, 0.2) is 0 Å². The van der Waals surface area contributed by atoms with Gasteiger partial charge in [-0.2, -0.15) is 0 Å². The highest BCUT2D eigenvalue weighted by Gasteiger charge is 2.73. The van der Waals surface area contributed by atoms with Crippen LogP contribution >= 0.6 is 0 Å². The molecule has 0 amide bonds. The van der Waals surface area contributed by atoms with Crippen LogP contribution in [0.2, 0.25) is 0 Å². The molecule has 5 rings (SSSR count). The third-order valence-corrected chi connectivity index (χ3v) is 13.2. The summed E-state index contributed by atoms with van der Waals surface area (Å²) in [4.78, 5) is 12.9. The molecule has 9 unspecified atom stereocenters. The minimum absolute atomic E-state index is 0.0590. The molecule has 4 saturated carbocycles. The van der Waals surface area contributed by atoms with Crippen LogP contribution in [0.1, 0.15) is 120 Å². The second-order valence-corrected chi connectivity index (χ2v) is 15.2. The van der Waals surface area contributed by atoms with E-state index in [2.05, 4.69) is 41.5 Å². The topological polar surface area (TPSA) is 66.8 Å². The van der Waals surface area contributed by atoms with Crippen molar-refractivity contribution in [2.75, 3.05) is 0 Å². The number of ether oxygens (including phenoxy) is 1. The van der Waals surface area contributed by atoms with Gasteiger partial charge in [0.1, 0.15) is 5.78 Å². The molecule has 0 bridgehead atoms. The normalized spacial score (nSPS) is 54.9. The lowest BCUT2D eigenvalue weighted by Crippen LogP contribution is -2.66. The number of ketones is 1. The number of fused-ring (bicyclic) bond motifs is 5. The Morgan fingerprint density at radius 3 is 2.03 bits per heavy atom. The molecule has 0 spiro atoms. The summed E-state index contributed by atoms with van der Waals surface area (Å²) in [5, 5.41) is 23.1. The molecule has 2 N–H and O–H groups in total. The minimum Gasteiger partial charge on any atom is -0.388 e. The monoisotopic (exact) mass is 474 g/mol. The highest BCUT2D eigenvalue weighted by Crippen LogP contribution is 2.76. The summed E-state index contributed by atoms with van der Waals surface area (Å²) in [7, 11) is 0. The van der Waals surface area contributed by atoms with E-state index >= 15 is 0 Å². The molecular formula is C30H50O4. The zero-order valence-corrected chi connectivity index (χ0v) is 23.1. The van der Waals surface area contributed by atoms with Crippen molar-refractivity contribution in [3.05, 3.63) is 0 Å². The van der Waals surface area contributed by atoms with Crippen molar-refractivity contribution in [3.63, 3.8) is 0 Å². The average Bonchev–Trinajstić information content (AvgIpc) is 3.27. The summed E-state index contributed by atoms with van der Waals surface area (Å²) >= 11 is 0. The first-order valence-electron chi connectivity index (χ1n) is 14.1. The highest BCUT2D eigenvalue weighted by atomic mass is 16.5. The highest BCUT2D eigenvalue weighted by molar-refractivity contribution is 5.85. The van der Waals surface area contributed by atoms with Gasteiger partial charge in [0.05, 0.1) is 22.9 Å². The summed E-state index contributed by atoms with van der Waals surface area (Å²) in [6.07, 6.45) is 9.41. The van der Waals surface area contributed by atoms with Gasteiger partial charge in [-0.15, -0.1) is 0 Å². The summed E-state index contributed by atoms with van der Waals surface area (Å²) in [6, 6.07) is 0. The predicted molar refractivity (Wildman–Crippen MR) is 134 cm³/mol. The van der Waals surface area contributed by atoms with E-state index in [1.54, 1.807) is 0 Å². The maximum Gasteiger partial charge on any atom is 0.138 e. The number of aliphatic hydroxyl groups is 2. The van der Waals surface area contributed by atoms with Crippen molar-refractivity contribution in [2.45, 2.75) is 143 Å². The molecule has 194 valence electrons. The smallest absolute Gasteiger partial charge is 0.138 e. The quantitative estimate of drug-likeness (QED) is 0.510. The fourth-order valence-electron chi connectivity index (χ4n) is 10.9. The second kappa shape index (κ2) is 7.10. The molecule has 0 aromatic rings. The van der Waals surface area contributed by atoms with Crippen LogP contribution in [-0.4, -0.2) is 38.9 Å². The zero-order chi connectivity index (χ0) is 25.2. The van der Waals surface area contributed by atoms with E-state index in [0.717, 1.165) is 64.2 Å². The molecule has 4 nitrogen and oxygen atoms in total. The molecular weight excluding hydrogens is 424 g/mol. The number of carbonyl (C=O) groups is 1. The van der Waals surface area contributed by atoms with Crippen LogP contribution < -0.4 is 0 Å². The van der Waals surface area contributed by atoms with E-state index in [1.165, 1.54) is 0 Å². The Morgan fingerprint density at radius 2 is 1.41 bits per heavy atom. The number of hydrogen-bond donors (Lipinski definition) is 2. The Labute approximate surface area is 207 Å². The molecule has 4 aliphatic carbocycles. The van der Waals surface area contributed by atoms with Crippen LogP contribution in [0.25, 0.3) is 0 Å². The second-order valence-electron chi connectivity index (χ2n) is 15.2. The summed E-state index contributed by atoms with van der Waals surface area (Å²) < 4.78 is 6.57. The first-order chi connectivity index (χ1) is 15.5. The maximum atomic E-state index is 12.9. The molecule has 0 aromatic heterocycles. The fraction of sp³-hybridized carbons (Fsp3) is 0.967. The zero-order valence-electron chi connectivity index (χ0n) is 23.1. The van der Waals surface area contributed by atoms with E-state index in [0.29, 0.717) is 17.6 Å². The molecule has 5 aliphatic rings. The Kier molecular flexibility index (Phi) is 5.26. The summed E-state index contributed by atoms with van der Waals surface area (Å²) in [5.74, 6) is 1.73. The largest absolute Gasteiger partial charge is 0.388 e. The first kappa shape index (κ1) is 25.2. The van der Waals surface area contributed by atoms with E-state index in [1.807, 2.05) is 13.8 Å². The van der Waals surface area contributed by atoms with Gasteiger partial charge in [-0.1, -0.05) is 34.6 Å². The van der Waals surface area contributed by atoms with Crippen LogP contribution in [0.5, 0.6) is 0 Å². The van der Waals surface area contributed by atoms with E-state index in [4.69, 9.17) is 4.74 Å². The van der Waals surface area contributed by atoms with Crippen molar-refractivity contribution in [2.24, 2.45) is 39.4 Å². The lowest BCUT2D eigenvalue weighted by atomic mass is 9.35. The lowest BCUT2D eigenvalue weighted by Gasteiger charge is -2.69. The molecule has 0 aromatic carbocycles. The standard InChI is InChI=1S/C30H50O4/c1-24(2)19-11-15-27(6)20(26(19,5)14-12-22(24)31)9-10-21-28(27,7)17-18-30(21,33)29(8)16-13-23(34-29)25(3,4)32/h19-21,23,32-33H,9-18H2,1-8H3. The average molecular weight is 475 g/mol. The van der Waals surface area contributed by atoms with Crippen LogP contribution in [0.15, 0.2) is 0 Å². The third kappa shape index (κ3) is 2.91. The van der Waals surface area contributed by atoms with Crippen LogP contribution in [0.3, 0.4) is 0 Å². The molecule has 5 fully saturated rings. The van der Waals surface area contributed by atoms with Crippen molar-refractivity contribution in [1.82, 2.24) is 0 Å². The van der Waals surface area contributed by atoms with Crippen molar-refractivity contribution < 1.29 is 19.7 Å². The van der Waals surface area contributed by atoms with Gasteiger partial charge in [0.2, 0.25) is 0 Å². The number of carbonyl (C=O) groups excluding carboxylic acids is 1. The molecule has 0 radical (unpaired) electrons. The Hall–Kier alpha value is -0.450. The van der Waals surface area contributed by atoms with Crippen LogP contribution in [0.4, 0.5) is 0 Å².